The number of carbonyl (C=O) groups excluding carboxylic acids is 2. The van der Waals surface area contributed by atoms with Gasteiger partial charge in [-0.25, -0.2) is 4.79 Å². The van der Waals surface area contributed by atoms with Gasteiger partial charge in [-0.2, -0.15) is 0 Å². The minimum absolute atomic E-state index is 0.189. The molecule has 4 atom stereocenters. The van der Waals surface area contributed by atoms with Crippen LogP contribution in [0.25, 0.3) is 0 Å². The van der Waals surface area contributed by atoms with Crippen molar-refractivity contribution in [2.75, 3.05) is 0 Å². The van der Waals surface area contributed by atoms with Crippen LogP contribution in [0.1, 0.15) is 51.9 Å². The van der Waals surface area contributed by atoms with E-state index in [1.165, 1.54) is 12.2 Å². The number of aliphatic hydroxyl groups excluding tert-OH is 2. The molecule has 0 aromatic heterocycles. The van der Waals surface area contributed by atoms with Crippen molar-refractivity contribution in [2.24, 2.45) is 0 Å². The summed E-state index contributed by atoms with van der Waals surface area (Å²) in [4.78, 5) is 34.4. The van der Waals surface area contributed by atoms with E-state index >= 15 is 0 Å². The fourth-order valence-electron chi connectivity index (χ4n) is 3.07. The zero-order valence-corrected chi connectivity index (χ0v) is 20.1. The molecule has 0 unspecified atom stereocenters. The summed E-state index contributed by atoms with van der Waals surface area (Å²) in [6.45, 7) is 1.83. The maximum Gasteiger partial charge on any atom is 0.331 e. The van der Waals surface area contributed by atoms with Crippen molar-refractivity contribution in [3.05, 3.63) is 72.9 Å². The van der Waals surface area contributed by atoms with Gasteiger partial charge in [-0.05, 0) is 38.7 Å². The van der Waals surface area contributed by atoms with Gasteiger partial charge in [0.2, 0.25) is 0 Å². The fraction of sp³-hybridized carbons (Fsp3) is 0.444. The first-order valence-corrected chi connectivity index (χ1v) is 11.7. The summed E-state index contributed by atoms with van der Waals surface area (Å²) in [6, 6.07) is 0. The number of rotatable bonds is 3. The van der Waals surface area contributed by atoms with Gasteiger partial charge in [-0.3, -0.25) is 9.59 Å². The van der Waals surface area contributed by atoms with E-state index < -0.39 is 42.6 Å². The van der Waals surface area contributed by atoms with Crippen molar-refractivity contribution >= 4 is 17.9 Å². The minimum Gasteiger partial charge on any atom is -0.481 e. The molecule has 35 heavy (non-hydrogen) atoms. The lowest BCUT2D eigenvalue weighted by atomic mass is 10.1. The number of carbonyl (C=O) groups is 3. The summed E-state index contributed by atoms with van der Waals surface area (Å²) >= 11 is 0. The van der Waals surface area contributed by atoms with Crippen molar-refractivity contribution in [2.45, 2.75) is 76.3 Å². The van der Waals surface area contributed by atoms with Crippen molar-refractivity contribution < 1.29 is 39.2 Å². The van der Waals surface area contributed by atoms with Crippen molar-refractivity contribution in [3.8, 4) is 0 Å². The van der Waals surface area contributed by atoms with E-state index in [4.69, 9.17) is 14.6 Å². The van der Waals surface area contributed by atoms with Crippen LogP contribution in [0.3, 0.4) is 0 Å². The number of hydrogen-bond acceptors (Lipinski definition) is 7. The molecule has 0 fully saturated rings. The maximum absolute atomic E-state index is 11.9. The summed E-state index contributed by atoms with van der Waals surface area (Å²) in [5.41, 5.74) is 0. The van der Waals surface area contributed by atoms with Gasteiger partial charge in [0.25, 0.3) is 0 Å². The van der Waals surface area contributed by atoms with Crippen LogP contribution < -0.4 is 0 Å². The van der Waals surface area contributed by atoms with E-state index in [-0.39, 0.29) is 18.9 Å². The fourth-order valence-corrected chi connectivity index (χ4v) is 3.07. The van der Waals surface area contributed by atoms with E-state index in [0.29, 0.717) is 12.8 Å². The number of hydrogen-bond donors (Lipinski definition) is 3. The van der Waals surface area contributed by atoms with E-state index in [0.717, 1.165) is 12.8 Å². The molecule has 3 N–H and O–H groups in total. The molecular weight excluding hydrogens is 452 g/mol. The van der Waals surface area contributed by atoms with Gasteiger partial charge in [-0.15, -0.1) is 0 Å². The highest BCUT2D eigenvalue weighted by molar-refractivity contribution is 5.90. The van der Waals surface area contributed by atoms with Crippen molar-refractivity contribution in [1.82, 2.24) is 0 Å². The maximum atomic E-state index is 11.9. The van der Waals surface area contributed by atoms with E-state index in [9.17, 15) is 24.6 Å². The summed E-state index contributed by atoms with van der Waals surface area (Å²) in [5, 5.41) is 28.9. The van der Waals surface area contributed by atoms with Gasteiger partial charge < -0.3 is 24.8 Å². The Hall–Kier alpha value is -3.23. The monoisotopic (exact) mass is 488 g/mol. The number of allylic oxidation sites excluding steroid dienone is 7. The zero-order valence-electron chi connectivity index (χ0n) is 20.1. The molecule has 0 radical (unpaired) electrons. The van der Waals surface area contributed by atoms with Crippen LogP contribution in [0.5, 0.6) is 0 Å². The Morgan fingerprint density at radius 3 is 2.46 bits per heavy atom. The SMILES string of the molecule is C[C@@H]1CCC/C=C\C=C/[C@H](O)C[C@@H](O)CC=CC=C[C@@H](OC(=O)CC(=O)O)C/C=C\C=CC(=O)O1. The molecule has 0 aromatic carbocycles. The Morgan fingerprint density at radius 2 is 1.69 bits per heavy atom. The quantitative estimate of drug-likeness (QED) is 0.405. The average Bonchev–Trinajstić information content (AvgIpc) is 2.76. The molecule has 1 aliphatic heterocycles. The Bertz CT molecular complexity index is 834. The highest BCUT2D eigenvalue weighted by Crippen LogP contribution is 2.09. The van der Waals surface area contributed by atoms with E-state index in [2.05, 4.69) is 0 Å². The van der Waals surface area contributed by atoms with Crippen LogP contribution in [0.15, 0.2) is 72.9 Å². The highest BCUT2D eigenvalue weighted by Gasteiger charge is 2.14. The van der Waals surface area contributed by atoms with Crippen molar-refractivity contribution in [3.63, 3.8) is 0 Å². The molecule has 8 heteroatoms. The average molecular weight is 489 g/mol. The van der Waals surface area contributed by atoms with Crippen LogP contribution >= 0.6 is 0 Å². The number of esters is 2. The first kappa shape index (κ1) is 29.8. The summed E-state index contributed by atoms with van der Waals surface area (Å²) < 4.78 is 10.5. The Kier molecular flexibility index (Phi) is 15.4. The third kappa shape index (κ3) is 16.9. The van der Waals surface area contributed by atoms with Crippen molar-refractivity contribution in [1.29, 1.82) is 0 Å². The van der Waals surface area contributed by atoms with Crippen LogP contribution in [0, 0.1) is 0 Å². The van der Waals surface area contributed by atoms with Gasteiger partial charge in [-0.1, -0.05) is 60.8 Å². The largest absolute Gasteiger partial charge is 0.481 e. The lowest BCUT2D eigenvalue weighted by Crippen LogP contribution is -2.18. The highest BCUT2D eigenvalue weighted by atomic mass is 16.5. The van der Waals surface area contributed by atoms with Gasteiger partial charge in [0.15, 0.2) is 0 Å². The predicted molar refractivity (Wildman–Crippen MR) is 132 cm³/mol. The van der Waals surface area contributed by atoms with E-state index in [1.807, 2.05) is 19.1 Å². The number of aliphatic hydroxyl groups is 2. The Morgan fingerprint density at radius 1 is 1.00 bits per heavy atom. The van der Waals surface area contributed by atoms with Crippen LogP contribution in [0.2, 0.25) is 0 Å². The number of carboxylic acid groups (broad SMARTS) is 1. The molecule has 0 bridgehead atoms. The molecule has 0 spiro atoms. The summed E-state index contributed by atoms with van der Waals surface area (Å²) in [6.07, 6.45) is 19.9. The lowest BCUT2D eigenvalue weighted by molar-refractivity contribution is -0.153. The Balaban J connectivity index is 2.87. The molecule has 1 rings (SSSR count). The number of aliphatic carboxylic acids is 1. The molecule has 1 aliphatic rings. The zero-order chi connectivity index (χ0) is 25.9. The molecule has 0 saturated heterocycles. The standard InChI is InChI=1S/C27H36O8/c1-21-13-7-3-2-4-8-14-22(28)19-23(29)15-9-5-10-16-24(35-27(33)20-25(30)31)17-11-6-12-18-26(32)34-21/h2,4-6,8-12,14,16,18,21-24,28-29H,3,7,13,15,17,19-20H2,1H3,(H,30,31)/b4-2-,9-5?,11-6-,14-8-,16-10?,18-12?/t21-,22+,23+,24-/m1/s1. The third-order valence-electron chi connectivity index (χ3n) is 4.80. The molecule has 0 aliphatic carbocycles. The summed E-state index contributed by atoms with van der Waals surface area (Å²) in [5.74, 6) is -2.60. The van der Waals surface area contributed by atoms with Gasteiger partial charge in [0.05, 0.1) is 18.3 Å². The molecule has 192 valence electrons. The number of ether oxygens (including phenoxy) is 2. The molecule has 0 saturated carbocycles. The van der Waals surface area contributed by atoms with Gasteiger partial charge >= 0.3 is 17.9 Å². The van der Waals surface area contributed by atoms with Crippen LogP contribution in [0.4, 0.5) is 0 Å². The topological polar surface area (TPSA) is 130 Å². The van der Waals surface area contributed by atoms with Gasteiger partial charge in [0.1, 0.15) is 12.5 Å². The normalized spacial score (nSPS) is 28.3. The minimum atomic E-state index is -1.28. The number of carboxylic acids is 1. The van der Waals surface area contributed by atoms with Crippen LogP contribution in [-0.2, 0) is 23.9 Å². The second-order valence-corrected chi connectivity index (χ2v) is 8.12. The predicted octanol–water partition coefficient (Wildman–Crippen LogP) is 3.72. The Labute approximate surface area is 206 Å². The second kappa shape index (κ2) is 18.1. The van der Waals surface area contributed by atoms with E-state index in [1.54, 1.807) is 48.6 Å². The van der Waals surface area contributed by atoms with Gasteiger partial charge in [0, 0.05) is 18.9 Å². The smallest absolute Gasteiger partial charge is 0.331 e. The molecular formula is C27H36O8. The lowest BCUT2D eigenvalue weighted by Gasteiger charge is -2.12. The molecule has 8 nitrogen and oxygen atoms in total. The second-order valence-electron chi connectivity index (χ2n) is 8.12. The third-order valence-corrected chi connectivity index (χ3v) is 4.80. The molecule has 1 heterocycles. The summed E-state index contributed by atoms with van der Waals surface area (Å²) in [7, 11) is 0. The first-order valence-electron chi connectivity index (χ1n) is 11.7. The molecule has 0 amide bonds. The number of cyclic esters (lactones) is 1. The first-order chi connectivity index (χ1) is 16.8. The van der Waals surface area contributed by atoms with Crippen LogP contribution in [-0.4, -0.2) is 57.6 Å². The molecule has 0 aromatic rings.